The van der Waals surface area contributed by atoms with Gasteiger partial charge in [0.1, 0.15) is 0 Å². The quantitative estimate of drug-likeness (QED) is 0.557. The van der Waals surface area contributed by atoms with Crippen molar-refractivity contribution >= 4 is 27.3 Å². The molecule has 1 N–H and O–H groups in total. The number of fused-ring (bicyclic) bond motifs is 1. The fraction of sp³-hybridized carbons (Fsp3) is 0.158. The zero-order chi connectivity index (χ0) is 19.7. The number of aromatic nitrogens is 4. The number of carbonyl (C=O) groups excluding carboxylic acids is 1. The molecule has 0 aliphatic heterocycles. The average molecular weight is 395 g/mol. The molecule has 4 aromatic rings. The van der Waals surface area contributed by atoms with Crippen molar-refractivity contribution in [1.82, 2.24) is 19.8 Å². The van der Waals surface area contributed by atoms with E-state index < -0.39 is 0 Å². The van der Waals surface area contributed by atoms with Gasteiger partial charge in [-0.2, -0.15) is 4.52 Å². The largest absolute Gasteiger partial charge is 0.493 e. The first-order valence-electron chi connectivity index (χ1n) is 8.41. The second kappa shape index (κ2) is 7.28. The van der Waals surface area contributed by atoms with Crippen LogP contribution in [0.25, 0.3) is 16.3 Å². The fourth-order valence-electron chi connectivity index (χ4n) is 2.78. The molecule has 0 spiro atoms. The van der Waals surface area contributed by atoms with E-state index >= 15 is 0 Å². The molecule has 0 fully saturated rings. The first-order chi connectivity index (χ1) is 13.6. The Kier molecular flexibility index (Phi) is 4.66. The minimum absolute atomic E-state index is 0.221. The number of amides is 1. The van der Waals surface area contributed by atoms with Crippen LogP contribution >= 0.6 is 11.3 Å². The van der Waals surface area contributed by atoms with Crippen molar-refractivity contribution in [2.45, 2.75) is 6.92 Å². The molecular formula is C19H17N5O3S. The predicted molar refractivity (Wildman–Crippen MR) is 106 cm³/mol. The predicted octanol–water partition coefficient (Wildman–Crippen LogP) is 3.43. The average Bonchev–Trinajstić information content (AvgIpc) is 3.27. The number of nitrogens with zero attached hydrogens (tertiary/aromatic N) is 4. The number of ether oxygens (including phenoxy) is 2. The molecular weight excluding hydrogens is 378 g/mol. The lowest BCUT2D eigenvalue weighted by Gasteiger charge is -2.08. The van der Waals surface area contributed by atoms with Gasteiger partial charge < -0.3 is 9.47 Å². The fourth-order valence-corrected chi connectivity index (χ4v) is 3.51. The first-order valence-corrected chi connectivity index (χ1v) is 9.23. The first kappa shape index (κ1) is 17.9. The number of rotatable bonds is 5. The zero-order valence-corrected chi connectivity index (χ0v) is 16.3. The van der Waals surface area contributed by atoms with Crippen molar-refractivity contribution < 1.29 is 14.3 Å². The maximum absolute atomic E-state index is 12.5. The summed E-state index contributed by atoms with van der Waals surface area (Å²) in [6.45, 7) is 1.94. The number of anilines is 1. The zero-order valence-electron chi connectivity index (χ0n) is 15.5. The highest BCUT2D eigenvalue weighted by atomic mass is 32.1. The molecule has 0 unspecified atom stereocenters. The lowest BCUT2D eigenvalue weighted by Crippen LogP contribution is -2.12. The molecule has 2 aromatic heterocycles. The summed E-state index contributed by atoms with van der Waals surface area (Å²) in [5, 5.41) is 16.1. The Morgan fingerprint density at radius 2 is 1.89 bits per heavy atom. The van der Waals surface area contributed by atoms with Crippen molar-refractivity contribution in [3.05, 3.63) is 53.6 Å². The van der Waals surface area contributed by atoms with Crippen molar-refractivity contribution in [3.63, 3.8) is 0 Å². The van der Waals surface area contributed by atoms with E-state index in [0.29, 0.717) is 33.0 Å². The second-order valence-corrected chi connectivity index (χ2v) is 6.97. The molecule has 0 aliphatic rings. The van der Waals surface area contributed by atoms with Gasteiger partial charge in [-0.25, -0.2) is 0 Å². The minimum Gasteiger partial charge on any atom is -0.493 e. The Morgan fingerprint density at radius 1 is 1.07 bits per heavy atom. The summed E-state index contributed by atoms with van der Waals surface area (Å²) in [6.07, 6.45) is 0. The van der Waals surface area contributed by atoms with E-state index in [4.69, 9.17) is 9.47 Å². The Morgan fingerprint density at radius 3 is 2.64 bits per heavy atom. The van der Waals surface area contributed by atoms with Crippen LogP contribution in [0.1, 0.15) is 15.9 Å². The Bertz CT molecular complexity index is 1170. The summed E-state index contributed by atoms with van der Waals surface area (Å²) in [5.41, 5.74) is 2.36. The summed E-state index contributed by atoms with van der Waals surface area (Å²) < 4.78 is 12.2. The number of hydrogen-bond donors (Lipinski definition) is 1. The highest BCUT2D eigenvalue weighted by Crippen LogP contribution is 2.32. The van der Waals surface area contributed by atoms with Crippen LogP contribution in [0.3, 0.4) is 0 Å². The molecule has 8 nitrogen and oxygen atoms in total. The van der Waals surface area contributed by atoms with Crippen LogP contribution in [0.2, 0.25) is 0 Å². The lowest BCUT2D eigenvalue weighted by molar-refractivity contribution is 0.102. The number of hydrogen-bond acceptors (Lipinski definition) is 7. The summed E-state index contributed by atoms with van der Waals surface area (Å²) in [7, 11) is 3.15. The third-order valence-corrected chi connectivity index (χ3v) is 4.95. The van der Waals surface area contributed by atoms with Gasteiger partial charge >= 0.3 is 0 Å². The normalized spacial score (nSPS) is 10.8. The Labute approximate surface area is 164 Å². The third-order valence-electron chi connectivity index (χ3n) is 4.13. The van der Waals surface area contributed by atoms with E-state index in [-0.39, 0.29) is 5.91 Å². The van der Waals surface area contributed by atoms with Crippen molar-refractivity contribution in [2.75, 3.05) is 19.5 Å². The highest BCUT2D eigenvalue weighted by molar-refractivity contribution is 7.20. The van der Waals surface area contributed by atoms with Gasteiger partial charge in [0, 0.05) is 11.1 Å². The molecule has 9 heteroatoms. The van der Waals surface area contributed by atoms with Gasteiger partial charge in [0.05, 0.1) is 14.2 Å². The SMILES string of the molecule is COc1ccc(-c2nnc3sc(NC(=O)c4cccc(C)c4)nn23)cc1OC. The molecule has 28 heavy (non-hydrogen) atoms. The molecule has 0 atom stereocenters. The lowest BCUT2D eigenvalue weighted by atomic mass is 10.1. The molecule has 142 valence electrons. The summed E-state index contributed by atoms with van der Waals surface area (Å²) in [6, 6.07) is 12.8. The van der Waals surface area contributed by atoms with E-state index in [1.165, 1.54) is 11.3 Å². The smallest absolute Gasteiger partial charge is 0.257 e. The van der Waals surface area contributed by atoms with Crippen LogP contribution in [0, 0.1) is 6.92 Å². The molecule has 0 saturated heterocycles. The van der Waals surface area contributed by atoms with Crippen LogP contribution < -0.4 is 14.8 Å². The van der Waals surface area contributed by atoms with E-state index in [1.54, 1.807) is 36.9 Å². The van der Waals surface area contributed by atoms with Crippen LogP contribution in [0.5, 0.6) is 11.5 Å². The van der Waals surface area contributed by atoms with Crippen LogP contribution in [0.15, 0.2) is 42.5 Å². The van der Waals surface area contributed by atoms with Gasteiger partial charge in [-0.15, -0.1) is 15.3 Å². The molecule has 0 aliphatic carbocycles. The summed E-state index contributed by atoms with van der Waals surface area (Å²) >= 11 is 1.25. The molecule has 0 radical (unpaired) electrons. The second-order valence-electron chi connectivity index (χ2n) is 6.02. The van der Waals surface area contributed by atoms with E-state index in [9.17, 15) is 4.79 Å². The molecule has 2 heterocycles. The van der Waals surface area contributed by atoms with Crippen molar-refractivity contribution in [2.24, 2.45) is 0 Å². The van der Waals surface area contributed by atoms with E-state index in [2.05, 4.69) is 20.6 Å². The van der Waals surface area contributed by atoms with E-state index in [0.717, 1.165) is 11.1 Å². The molecule has 2 aromatic carbocycles. The van der Waals surface area contributed by atoms with Gasteiger partial charge in [0.15, 0.2) is 17.3 Å². The monoisotopic (exact) mass is 395 g/mol. The van der Waals surface area contributed by atoms with Gasteiger partial charge in [0.25, 0.3) is 5.91 Å². The third kappa shape index (κ3) is 3.27. The topological polar surface area (TPSA) is 90.6 Å². The molecule has 0 saturated carbocycles. The Balaban J connectivity index is 1.65. The number of aryl methyl sites for hydroxylation is 1. The summed E-state index contributed by atoms with van der Waals surface area (Å²) in [5.74, 6) is 1.53. The summed E-state index contributed by atoms with van der Waals surface area (Å²) in [4.78, 5) is 13.0. The van der Waals surface area contributed by atoms with Gasteiger partial charge in [-0.1, -0.05) is 29.0 Å². The number of nitrogens with one attached hydrogen (secondary N) is 1. The van der Waals surface area contributed by atoms with Crippen molar-refractivity contribution in [1.29, 1.82) is 0 Å². The molecule has 4 rings (SSSR count). The maximum Gasteiger partial charge on any atom is 0.257 e. The van der Waals surface area contributed by atoms with Crippen molar-refractivity contribution in [3.8, 4) is 22.9 Å². The number of benzene rings is 2. The van der Waals surface area contributed by atoms with Gasteiger partial charge in [0.2, 0.25) is 10.1 Å². The molecule has 1 amide bonds. The Hall–Kier alpha value is -3.46. The standard InChI is InChI=1S/C19H17N5O3S/c1-11-5-4-6-13(9-11)17(25)20-18-23-24-16(21-22-19(24)28-18)12-7-8-14(26-2)15(10-12)27-3/h4-10H,1-3H3,(H,20,23,25). The van der Waals surface area contributed by atoms with Crippen LogP contribution in [-0.4, -0.2) is 39.9 Å². The minimum atomic E-state index is -0.221. The maximum atomic E-state index is 12.5. The van der Waals surface area contributed by atoms with Crippen LogP contribution in [-0.2, 0) is 0 Å². The molecule has 0 bridgehead atoms. The number of methoxy groups -OCH3 is 2. The highest BCUT2D eigenvalue weighted by Gasteiger charge is 2.17. The van der Waals surface area contributed by atoms with Gasteiger partial charge in [-0.05, 0) is 37.3 Å². The van der Waals surface area contributed by atoms with E-state index in [1.807, 2.05) is 31.2 Å². The van der Waals surface area contributed by atoms with Crippen LogP contribution in [0.4, 0.5) is 5.13 Å². The van der Waals surface area contributed by atoms with Gasteiger partial charge in [-0.3, -0.25) is 10.1 Å². The number of carbonyl (C=O) groups is 1.